The van der Waals surface area contributed by atoms with Crippen LogP contribution in [0, 0.1) is 0 Å². The van der Waals surface area contributed by atoms with E-state index in [0.717, 1.165) is 46.6 Å². The first-order chi connectivity index (χ1) is 19.9. The molecule has 1 aliphatic rings. The van der Waals surface area contributed by atoms with Gasteiger partial charge in [0.1, 0.15) is 11.6 Å². The summed E-state index contributed by atoms with van der Waals surface area (Å²) < 4.78 is 7.48. The van der Waals surface area contributed by atoms with Gasteiger partial charge in [-0.05, 0) is 42.2 Å². The van der Waals surface area contributed by atoms with E-state index < -0.39 is 12.0 Å². The standard InChI is InChI=1S/C30H33N7O4/c1-4-8-25-31-24-15-16-36(26(39)17-19(3)38)28(30(40)41-5-2)27(24)37(25)18-20-11-13-21(14-12-20)22-9-6-7-10-23(22)29-32-34-35-33-29/h6-7,9-14,28H,4-5,8,15-18H2,1-3H3,(H,32,33,34,35). The normalized spacial score (nSPS) is 14.5. The zero-order valence-corrected chi connectivity index (χ0v) is 23.5. The number of rotatable bonds is 10. The zero-order valence-electron chi connectivity index (χ0n) is 23.5. The number of aromatic amines is 1. The summed E-state index contributed by atoms with van der Waals surface area (Å²) >= 11 is 0. The Morgan fingerprint density at radius 2 is 1.80 bits per heavy atom. The summed E-state index contributed by atoms with van der Waals surface area (Å²) in [5.74, 6) is 0.246. The van der Waals surface area contributed by atoms with Crippen molar-refractivity contribution in [3.63, 3.8) is 0 Å². The van der Waals surface area contributed by atoms with E-state index in [1.165, 1.54) is 11.8 Å². The van der Waals surface area contributed by atoms with E-state index in [1.807, 2.05) is 48.5 Å². The number of aromatic nitrogens is 6. The van der Waals surface area contributed by atoms with Gasteiger partial charge in [-0.1, -0.05) is 55.5 Å². The second-order valence-corrected chi connectivity index (χ2v) is 10.0. The Kier molecular flexibility index (Phi) is 8.32. The van der Waals surface area contributed by atoms with Gasteiger partial charge in [0.15, 0.2) is 6.04 Å². The van der Waals surface area contributed by atoms with Gasteiger partial charge in [0.2, 0.25) is 11.7 Å². The van der Waals surface area contributed by atoms with Crippen LogP contribution in [0.25, 0.3) is 22.5 Å². The van der Waals surface area contributed by atoms with Crippen molar-refractivity contribution >= 4 is 17.7 Å². The van der Waals surface area contributed by atoms with Gasteiger partial charge in [-0.15, -0.1) is 10.2 Å². The minimum absolute atomic E-state index is 0.183. The SMILES string of the molecule is CCCc1nc2c(n1Cc1ccc(-c3ccccc3-c3nn[nH]n3)cc1)C(C(=O)OCC)N(C(=O)CC(C)=O)CC2. The first-order valence-corrected chi connectivity index (χ1v) is 13.9. The third kappa shape index (κ3) is 5.79. The molecule has 5 rings (SSSR count). The molecule has 3 heterocycles. The number of H-pyrrole nitrogens is 1. The number of carbonyl (C=O) groups is 3. The van der Waals surface area contributed by atoms with Gasteiger partial charge in [0.05, 0.1) is 24.4 Å². The highest BCUT2D eigenvalue weighted by Gasteiger charge is 2.41. The highest BCUT2D eigenvalue weighted by Crippen LogP contribution is 2.34. The number of carbonyl (C=O) groups excluding carboxylic acids is 3. The lowest BCUT2D eigenvalue weighted by Gasteiger charge is -2.34. The smallest absolute Gasteiger partial charge is 0.335 e. The minimum Gasteiger partial charge on any atom is -0.464 e. The molecule has 212 valence electrons. The lowest BCUT2D eigenvalue weighted by atomic mass is 9.98. The number of hydrogen-bond acceptors (Lipinski definition) is 8. The lowest BCUT2D eigenvalue weighted by Crippen LogP contribution is -2.45. The maximum atomic E-state index is 13.3. The summed E-state index contributed by atoms with van der Waals surface area (Å²) in [7, 11) is 0. The average molecular weight is 556 g/mol. The molecule has 0 saturated heterocycles. The van der Waals surface area contributed by atoms with Gasteiger partial charge < -0.3 is 14.2 Å². The average Bonchev–Trinajstić information content (AvgIpc) is 3.62. The number of esters is 1. The van der Waals surface area contributed by atoms with E-state index in [1.54, 1.807) is 6.92 Å². The number of Topliss-reactive ketones (excluding diaryl/α,β-unsaturated/α-hetero) is 1. The van der Waals surface area contributed by atoms with Crippen molar-refractivity contribution < 1.29 is 19.1 Å². The topological polar surface area (TPSA) is 136 Å². The molecule has 1 aliphatic heterocycles. The third-order valence-electron chi connectivity index (χ3n) is 7.15. The molecule has 1 unspecified atom stereocenters. The molecule has 1 atom stereocenters. The molecule has 0 spiro atoms. The molecule has 4 aromatic rings. The number of hydrogen-bond donors (Lipinski definition) is 1. The van der Waals surface area contributed by atoms with Crippen molar-refractivity contribution in [1.29, 1.82) is 0 Å². The molecule has 0 fully saturated rings. The minimum atomic E-state index is -0.954. The summed E-state index contributed by atoms with van der Waals surface area (Å²) in [6.45, 7) is 6.15. The van der Waals surface area contributed by atoms with Crippen LogP contribution in [-0.4, -0.2) is 65.9 Å². The summed E-state index contributed by atoms with van der Waals surface area (Å²) in [6, 6.07) is 15.1. The van der Waals surface area contributed by atoms with Gasteiger partial charge in [0.25, 0.3) is 0 Å². The molecule has 2 aromatic heterocycles. The van der Waals surface area contributed by atoms with Crippen molar-refractivity contribution in [3.8, 4) is 22.5 Å². The maximum Gasteiger partial charge on any atom is 0.335 e. The number of ketones is 1. The van der Waals surface area contributed by atoms with Crippen LogP contribution < -0.4 is 0 Å². The van der Waals surface area contributed by atoms with Gasteiger partial charge >= 0.3 is 5.97 Å². The number of benzene rings is 2. The predicted molar refractivity (Wildman–Crippen MR) is 150 cm³/mol. The molecular weight excluding hydrogens is 522 g/mol. The third-order valence-corrected chi connectivity index (χ3v) is 7.15. The Hall–Kier alpha value is -4.67. The molecule has 41 heavy (non-hydrogen) atoms. The Balaban J connectivity index is 1.51. The highest BCUT2D eigenvalue weighted by molar-refractivity contribution is 5.98. The first-order valence-electron chi connectivity index (χ1n) is 13.9. The number of ether oxygens (including phenoxy) is 1. The molecule has 0 aliphatic carbocycles. The fourth-order valence-electron chi connectivity index (χ4n) is 5.37. The zero-order chi connectivity index (χ0) is 28.9. The Morgan fingerprint density at radius 1 is 1.05 bits per heavy atom. The second-order valence-electron chi connectivity index (χ2n) is 10.0. The predicted octanol–water partition coefficient (Wildman–Crippen LogP) is 3.70. The molecule has 11 heteroatoms. The van der Waals surface area contributed by atoms with Gasteiger partial charge in [-0.2, -0.15) is 5.21 Å². The first kappa shape index (κ1) is 27.9. The van der Waals surface area contributed by atoms with Crippen molar-refractivity contribution in [3.05, 3.63) is 71.3 Å². The van der Waals surface area contributed by atoms with Crippen LogP contribution in [0.5, 0.6) is 0 Å². The van der Waals surface area contributed by atoms with Crippen molar-refractivity contribution in [1.82, 2.24) is 35.1 Å². The quantitative estimate of drug-likeness (QED) is 0.231. The van der Waals surface area contributed by atoms with E-state index in [-0.39, 0.29) is 24.7 Å². The van der Waals surface area contributed by atoms with Crippen molar-refractivity contribution in [2.24, 2.45) is 0 Å². The second kappa shape index (κ2) is 12.2. The van der Waals surface area contributed by atoms with Crippen molar-refractivity contribution in [2.45, 2.75) is 59.0 Å². The maximum absolute atomic E-state index is 13.3. The van der Waals surface area contributed by atoms with Crippen molar-refractivity contribution in [2.75, 3.05) is 13.2 Å². The number of aryl methyl sites for hydroxylation is 1. The van der Waals surface area contributed by atoms with Crippen LogP contribution in [0.2, 0.25) is 0 Å². The molecule has 11 nitrogen and oxygen atoms in total. The van der Waals surface area contributed by atoms with E-state index in [0.29, 0.717) is 31.0 Å². The van der Waals surface area contributed by atoms with Crippen LogP contribution in [-0.2, 0) is 38.5 Å². The fourth-order valence-corrected chi connectivity index (χ4v) is 5.37. The van der Waals surface area contributed by atoms with Crippen LogP contribution in [0.15, 0.2) is 48.5 Å². The number of nitrogens with zero attached hydrogens (tertiary/aromatic N) is 6. The Morgan fingerprint density at radius 3 is 2.46 bits per heavy atom. The van der Waals surface area contributed by atoms with Gasteiger partial charge in [-0.25, -0.2) is 9.78 Å². The lowest BCUT2D eigenvalue weighted by molar-refractivity contribution is -0.156. The highest BCUT2D eigenvalue weighted by atomic mass is 16.5. The summed E-state index contributed by atoms with van der Waals surface area (Å²) in [4.78, 5) is 44.5. The summed E-state index contributed by atoms with van der Waals surface area (Å²) in [6.07, 6.45) is 1.84. The molecular formula is C30H33N7O4. The monoisotopic (exact) mass is 555 g/mol. The molecule has 1 N–H and O–H groups in total. The number of nitrogens with one attached hydrogen (secondary N) is 1. The van der Waals surface area contributed by atoms with E-state index in [2.05, 4.69) is 32.1 Å². The number of fused-ring (bicyclic) bond motifs is 1. The van der Waals surface area contributed by atoms with Crippen LogP contribution in [0.3, 0.4) is 0 Å². The van der Waals surface area contributed by atoms with Crippen LogP contribution in [0.4, 0.5) is 0 Å². The molecule has 0 saturated carbocycles. The summed E-state index contributed by atoms with van der Waals surface area (Å²) in [5, 5.41) is 14.5. The van der Waals surface area contributed by atoms with Crippen LogP contribution in [0.1, 0.15) is 62.4 Å². The molecule has 2 aromatic carbocycles. The largest absolute Gasteiger partial charge is 0.464 e. The number of imidazole rings is 1. The van der Waals surface area contributed by atoms with Gasteiger partial charge in [-0.3, -0.25) is 9.59 Å². The van der Waals surface area contributed by atoms with Crippen LogP contribution >= 0.6 is 0 Å². The number of amides is 1. The molecule has 0 bridgehead atoms. The van der Waals surface area contributed by atoms with E-state index in [4.69, 9.17) is 9.72 Å². The molecule has 1 amide bonds. The summed E-state index contributed by atoms with van der Waals surface area (Å²) in [5.41, 5.74) is 5.33. The fraction of sp³-hybridized carbons (Fsp3) is 0.367. The Labute approximate surface area is 237 Å². The molecule has 0 radical (unpaired) electrons. The number of tetrazole rings is 1. The van der Waals surface area contributed by atoms with E-state index >= 15 is 0 Å². The Bertz CT molecular complexity index is 1540. The van der Waals surface area contributed by atoms with E-state index in [9.17, 15) is 14.4 Å². The van der Waals surface area contributed by atoms with Gasteiger partial charge in [0, 0.05) is 31.5 Å².